The maximum Gasteiger partial charge on any atom is 0.338 e. The quantitative estimate of drug-likeness (QED) is 0.249. The number of allylic oxidation sites excluding steroid dienone is 1. The van der Waals surface area contributed by atoms with Crippen LogP contribution in [0.4, 0.5) is 0 Å². The van der Waals surface area contributed by atoms with Gasteiger partial charge in [0.1, 0.15) is 0 Å². The molecule has 0 N–H and O–H groups in total. The number of aromatic nitrogens is 1. The summed E-state index contributed by atoms with van der Waals surface area (Å²) in [6, 6.07) is 15.3. The Morgan fingerprint density at radius 1 is 1.24 bits per heavy atom. The summed E-state index contributed by atoms with van der Waals surface area (Å²) >= 11 is 5.23. The SMILES string of the molecule is CSc1ccc([C@@H]2C(C(=O)OC(C)C)=C(C)N=c3s/c(=C/c4cccc(I)c4)c(=O)n32)cc1. The van der Waals surface area contributed by atoms with Crippen molar-refractivity contribution in [2.45, 2.75) is 37.8 Å². The first-order valence-corrected chi connectivity index (χ1v) is 13.5. The predicted octanol–water partition coefficient (Wildman–Crippen LogP) is 4.51. The molecule has 4 rings (SSSR count). The first-order chi connectivity index (χ1) is 15.8. The minimum Gasteiger partial charge on any atom is -0.459 e. The standard InChI is InChI=1S/C25H23IN2O3S2/c1-14(2)31-24(30)21-15(3)27-25-28(22(21)17-8-10-19(32-4)11-9-17)23(29)20(33-25)13-16-6-5-7-18(26)12-16/h5-14,22H,1-4H3/b20-13+/t22-/m1/s1. The second-order valence-electron chi connectivity index (χ2n) is 7.86. The van der Waals surface area contributed by atoms with Crippen molar-refractivity contribution >= 4 is 57.7 Å². The van der Waals surface area contributed by atoms with Crippen LogP contribution in [0.15, 0.2) is 74.5 Å². The monoisotopic (exact) mass is 590 g/mol. The summed E-state index contributed by atoms with van der Waals surface area (Å²) in [5, 5.41) is 0. The number of esters is 1. The van der Waals surface area contributed by atoms with Gasteiger partial charge in [0, 0.05) is 8.47 Å². The van der Waals surface area contributed by atoms with Crippen LogP contribution >= 0.6 is 45.7 Å². The molecule has 0 fully saturated rings. The number of carbonyl (C=O) groups excluding carboxylic acids is 1. The van der Waals surface area contributed by atoms with E-state index < -0.39 is 12.0 Å². The fraction of sp³-hybridized carbons (Fsp3) is 0.240. The lowest BCUT2D eigenvalue weighted by Gasteiger charge is -2.25. The Balaban J connectivity index is 1.94. The van der Waals surface area contributed by atoms with Gasteiger partial charge in [-0.05, 0) is 91.1 Å². The van der Waals surface area contributed by atoms with Crippen molar-refractivity contribution in [3.05, 3.63) is 94.2 Å². The molecule has 0 saturated carbocycles. The molecular formula is C25H23IN2O3S2. The molecule has 2 heterocycles. The highest BCUT2D eigenvalue weighted by molar-refractivity contribution is 14.1. The molecule has 170 valence electrons. The number of nitrogens with zero attached hydrogens (tertiary/aromatic N) is 2. The maximum absolute atomic E-state index is 13.6. The Hall–Kier alpha value is -2.17. The molecule has 0 saturated heterocycles. The Bertz CT molecular complexity index is 1420. The summed E-state index contributed by atoms with van der Waals surface area (Å²) in [6.45, 7) is 5.43. The second kappa shape index (κ2) is 9.99. The van der Waals surface area contributed by atoms with E-state index in [0.717, 1.165) is 19.6 Å². The minimum atomic E-state index is -0.596. The Kier molecular flexibility index (Phi) is 7.25. The van der Waals surface area contributed by atoms with E-state index in [0.29, 0.717) is 20.6 Å². The van der Waals surface area contributed by atoms with E-state index >= 15 is 0 Å². The summed E-state index contributed by atoms with van der Waals surface area (Å²) in [5.41, 5.74) is 2.59. The molecule has 8 heteroatoms. The van der Waals surface area contributed by atoms with Crippen molar-refractivity contribution < 1.29 is 9.53 Å². The number of hydrogen-bond acceptors (Lipinski definition) is 6. The molecule has 0 aliphatic carbocycles. The Morgan fingerprint density at radius 2 is 1.97 bits per heavy atom. The maximum atomic E-state index is 13.6. The molecule has 3 aromatic rings. The number of benzene rings is 2. The fourth-order valence-corrected chi connectivity index (χ4v) is 5.73. The van der Waals surface area contributed by atoms with E-state index in [-0.39, 0.29) is 11.7 Å². The smallest absolute Gasteiger partial charge is 0.338 e. The van der Waals surface area contributed by atoms with E-state index in [1.807, 2.05) is 74.7 Å². The molecule has 0 amide bonds. The van der Waals surface area contributed by atoms with Gasteiger partial charge in [0.2, 0.25) is 0 Å². The second-order valence-corrected chi connectivity index (χ2v) is 11.0. The molecular weight excluding hydrogens is 567 g/mol. The summed E-state index contributed by atoms with van der Waals surface area (Å²) in [5.74, 6) is -0.447. The number of hydrogen-bond donors (Lipinski definition) is 0. The normalized spacial score (nSPS) is 16.1. The highest BCUT2D eigenvalue weighted by atomic mass is 127. The molecule has 5 nitrogen and oxygen atoms in total. The summed E-state index contributed by atoms with van der Waals surface area (Å²) < 4.78 is 8.84. The molecule has 33 heavy (non-hydrogen) atoms. The number of rotatable bonds is 5. The lowest BCUT2D eigenvalue weighted by Crippen LogP contribution is -2.40. The lowest BCUT2D eigenvalue weighted by atomic mass is 9.96. The number of thioether (sulfide) groups is 1. The molecule has 1 aliphatic rings. The Labute approximate surface area is 214 Å². The van der Waals surface area contributed by atoms with Gasteiger partial charge in [0.05, 0.1) is 27.9 Å². The third kappa shape index (κ3) is 5.02. The molecule has 0 bridgehead atoms. The zero-order valence-electron chi connectivity index (χ0n) is 18.7. The first-order valence-electron chi connectivity index (χ1n) is 10.4. The fourth-order valence-electron chi connectivity index (χ4n) is 3.71. The van der Waals surface area contributed by atoms with Gasteiger partial charge in [-0.2, -0.15) is 0 Å². The van der Waals surface area contributed by atoms with E-state index in [9.17, 15) is 9.59 Å². The average molecular weight is 591 g/mol. The van der Waals surface area contributed by atoms with Gasteiger partial charge >= 0.3 is 5.97 Å². The van der Waals surface area contributed by atoms with Crippen molar-refractivity contribution in [1.29, 1.82) is 0 Å². The van der Waals surface area contributed by atoms with Gasteiger partial charge in [0.25, 0.3) is 5.56 Å². The van der Waals surface area contributed by atoms with E-state index in [1.54, 1.807) is 23.3 Å². The third-order valence-electron chi connectivity index (χ3n) is 5.16. The average Bonchev–Trinajstić information content (AvgIpc) is 3.07. The van der Waals surface area contributed by atoms with Crippen molar-refractivity contribution in [2.24, 2.45) is 4.99 Å². The molecule has 2 aromatic carbocycles. The first kappa shape index (κ1) is 24.0. The topological polar surface area (TPSA) is 60.7 Å². The van der Waals surface area contributed by atoms with Gasteiger partial charge in [0.15, 0.2) is 4.80 Å². The van der Waals surface area contributed by atoms with Crippen LogP contribution in [0.2, 0.25) is 0 Å². The molecule has 0 radical (unpaired) electrons. The summed E-state index contributed by atoms with van der Waals surface area (Å²) in [6.07, 6.45) is 3.62. The van der Waals surface area contributed by atoms with Crippen LogP contribution in [0.1, 0.15) is 37.9 Å². The van der Waals surface area contributed by atoms with Crippen LogP contribution in [0.25, 0.3) is 6.08 Å². The molecule has 1 atom stereocenters. The minimum absolute atomic E-state index is 0.168. The van der Waals surface area contributed by atoms with Crippen LogP contribution in [0.3, 0.4) is 0 Å². The number of fused-ring (bicyclic) bond motifs is 1. The van der Waals surface area contributed by atoms with Crippen LogP contribution in [-0.4, -0.2) is 22.9 Å². The largest absolute Gasteiger partial charge is 0.459 e. The third-order valence-corrected chi connectivity index (χ3v) is 7.56. The van der Waals surface area contributed by atoms with Gasteiger partial charge in [-0.25, -0.2) is 9.79 Å². The molecule has 1 aromatic heterocycles. The van der Waals surface area contributed by atoms with Crippen molar-refractivity contribution in [3.8, 4) is 0 Å². The van der Waals surface area contributed by atoms with Crippen LogP contribution < -0.4 is 14.9 Å². The Morgan fingerprint density at radius 3 is 2.61 bits per heavy atom. The summed E-state index contributed by atoms with van der Waals surface area (Å²) in [4.78, 5) is 33.1. The highest BCUT2D eigenvalue weighted by Gasteiger charge is 2.33. The van der Waals surface area contributed by atoms with E-state index in [1.165, 1.54) is 11.3 Å². The van der Waals surface area contributed by atoms with Crippen LogP contribution in [-0.2, 0) is 9.53 Å². The van der Waals surface area contributed by atoms with Crippen molar-refractivity contribution in [1.82, 2.24) is 4.57 Å². The van der Waals surface area contributed by atoms with Crippen molar-refractivity contribution in [2.75, 3.05) is 6.26 Å². The zero-order chi connectivity index (χ0) is 23.7. The number of halogens is 1. The van der Waals surface area contributed by atoms with Gasteiger partial charge in [-0.15, -0.1) is 11.8 Å². The molecule has 1 aliphatic heterocycles. The predicted molar refractivity (Wildman–Crippen MR) is 142 cm³/mol. The van der Waals surface area contributed by atoms with Crippen LogP contribution in [0.5, 0.6) is 0 Å². The van der Waals surface area contributed by atoms with Crippen molar-refractivity contribution in [3.63, 3.8) is 0 Å². The number of carbonyl (C=O) groups is 1. The van der Waals surface area contributed by atoms with Gasteiger partial charge < -0.3 is 4.74 Å². The van der Waals surface area contributed by atoms with Crippen LogP contribution in [0, 0.1) is 3.57 Å². The van der Waals surface area contributed by atoms with Gasteiger partial charge in [-0.3, -0.25) is 9.36 Å². The van der Waals surface area contributed by atoms with E-state index in [4.69, 9.17) is 4.74 Å². The zero-order valence-corrected chi connectivity index (χ0v) is 22.5. The highest BCUT2D eigenvalue weighted by Crippen LogP contribution is 2.32. The number of ether oxygens (including phenoxy) is 1. The molecule has 0 unspecified atom stereocenters. The molecule has 0 spiro atoms. The van der Waals surface area contributed by atoms with Gasteiger partial charge in [-0.1, -0.05) is 35.6 Å². The van der Waals surface area contributed by atoms with E-state index in [2.05, 4.69) is 27.6 Å². The summed E-state index contributed by atoms with van der Waals surface area (Å²) in [7, 11) is 0. The lowest BCUT2D eigenvalue weighted by molar-refractivity contribution is -0.143. The number of thiazole rings is 1.